The second kappa shape index (κ2) is 12.3. The summed E-state index contributed by atoms with van der Waals surface area (Å²) in [6.45, 7) is 3.33. The topological polar surface area (TPSA) is 79.2 Å². The average Bonchev–Trinajstić information content (AvgIpc) is 2.91. The van der Waals surface area contributed by atoms with Crippen LogP contribution >= 0.6 is 11.6 Å². The number of halogens is 7. The van der Waals surface area contributed by atoms with E-state index in [0.717, 1.165) is 18.2 Å². The van der Waals surface area contributed by atoms with Crippen molar-refractivity contribution in [1.82, 2.24) is 9.80 Å². The number of carbonyl (C=O) groups excluding carboxylic acids is 1. The molecule has 2 aromatic rings. The smallest absolute Gasteiger partial charge is 0.423 e. The maximum absolute atomic E-state index is 13.2. The number of hydrogen-bond acceptors (Lipinski definition) is 6. The Morgan fingerprint density at radius 3 is 2.15 bits per heavy atom. The van der Waals surface area contributed by atoms with E-state index < -0.39 is 40.2 Å². The lowest BCUT2D eigenvalue weighted by Gasteiger charge is -2.37. The highest BCUT2D eigenvalue weighted by Gasteiger charge is 2.39. The van der Waals surface area contributed by atoms with Crippen LogP contribution in [0.2, 0.25) is 5.02 Å². The number of ether oxygens (including phenoxy) is 1. The van der Waals surface area contributed by atoms with E-state index in [1.807, 2.05) is 4.90 Å². The Balaban J connectivity index is 1.22. The van der Waals surface area contributed by atoms with Gasteiger partial charge in [0.2, 0.25) is 5.91 Å². The van der Waals surface area contributed by atoms with Gasteiger partial charge < -0.3 is 14.5 Å². The fourth-order valence-electron chi connectivity index (χ4n) is 4.96. The Morgan fingerprint density at radius 1 is 0.927 bits per heavy atom. The third kappa shape index (κ3) is 7.73. The van der Waals surface area contributed by atoms with Gasteiger partial charge in [0.1, 0.15) is 17.4 Å². The Morgan fingerprint density at radius 2 is 1.56 bits per heavy atom. The van der Waals surface area contributed by atoms with Crippen LogP contribution in [-0.2, 0) is 17.1 Å². The number of carbonyl (C=O) groups is 1. The molecule has 0 N–H and O–H groups in total. The summed E-state index contributed by atoms with van der Waals surface area (Å²) in [5, 5.41) is 10.6. The van der Waals surface area contributed by atoms with Gasteiger partial charge >= 0.3 is 12.4 Å². The molecule has 4 rings (SSSR count). The summed E-state index contributed by atoms with van der Waals surface area (Å²) in [6, 6.07) is 6.37. The van der Waals surface area contributed by atoms with Gasteiger partial charge in [0, 0.05) is 76.8 Å². The molecule has 8 nitrogen and oxygen atoms in total. The number of piperidine rings is 1. The zero-order valence-electron chi connectivity index (χ0n) is 21.7. The van der Waals surface area contributed by atoms with E-state index in [-0.39, 0.29) is 23.1 Å². The third-order valence-electron chi connectivity index (χ3n) is 7.20. The number of likely N-dealkylation sites (tertiary alicyclic amines) is 1. The summed E-state index contributed by atoms with van der Waals surface area (Å²) < 4.78 is 84.9. The van der Waals surface area contributed by atoms with Gasteiger partial charge in [0.05, 0.1) is 15.5 Å². The maximum atomic E-state index is 13.2. The summed E-state index contributed by atoms with van der Waals surface area (Å²) in [7, 11) is 0. The molecule has 1 amide bonds. The van der Waals surface area contributed by atoms with Crippen LogP contribution in [0.15, 0.2) is 36.4 Å². The van der Waals surface area contributed by atoms with Crippen LogP contribution in [0.1, 0.15) is 30.4 Å². The summed E-state index contributed by atoms with van der Waals surface area (Å²) >= 11 is 5.71. The summed E-state index contributed by atoms with van der Waals surface area (Å²) in [5.41, 5.74) is -2.87. The fourth-order valence-corrected chi connectivity index (χ4v) is 5.18. The number of amides is 1. The van der Waals surface area contributed by atoms with E-state index >= 15 is 0 Å². The van der Waals surface area contributed by atoms with Crippen LogP contribution in [0, 0.1) is 10.1 Å². The van der Waals surface area contributed by atoms with Crippen LogP contribution in [0.3, 0.4) is 0 Å². The second-order valence-electron chi connectivity index (χ2n) is 9.87. The number of hydrogen-bond donors (Lipinski definition) is 0. The van der Waals surface area contributed by atoms with Crippen molar-refractivity contribution in [2.75, 3.05) is 50.7 Å². The van der Waals surface area contributed by atoms with Crippen molar-refractivity contribution in [3.05, 3.63) is 62.7 Å². The minimum Gasteiger partial charge on any atom is -0.490 e. The van der Waals surface area contributed by atoms with Gasteiger partial charge in [-0.3, -0.25) is 19.8 Å². The summed E-state index contributed by atoms with van der Waals surface area (Å²) in [5.74, 6) is -0.201. The van der Waals surface area contributed by atoms with Crippen LogP contribution in [-0.4, -0.2) is 72.5 Å². The van der Waals surface area contributed by atoms with Crippen LogP contribution in [0.25, 0.3) is 0 Å². The molecule has 2 heterocycles. The molecule has 0 aliphatic carbocycles. The number of anilines is 1. The standard InChI is InChI=1S/C26H27ClF6N4O4/c27-22-3-1-17(15-20(22)25(28,29)30)35-13-11-34(12-14-35)8-7-24(38)36-9-5-18(6-10-36)41-19-2-4-23(37(39)40)21(16-19)26(31,32)33/h1-4,15-16,18H,5-14H2. The molecule has 0 aromatic heterocycles. The minimum atomic E-state index is -4.91. The molecule has 0 unspecified atom stereocenters. The Bertz CT molecular complexity index is 1260. The lowest BCUT2D eigenvalue weighted by atomic mass is 10.1. The zero-order chi connectivity index (χ0) is 29.9. The highest BCUT2D eigenvalue weighted by atomic mass is 35.5. The molecule has 2 aliphatic heterocycles. The monoisotopic (exact) mass is 608 g/mol. The number of nitro benzene ring substituents is 1. The van der Waals surface area contributed by atoms with Crippen molar-refractivity contribution in [1.29, 1.82) is 0 Å². The van der Waals surface area contributed by atoms with Gasteiger partial charge in [0.15, 0.2) is 0 Å². The zero-order valence-corrected chi connectivity index (χ0v) is 22.4. The molecule has 0 radical (unpaired) electrons. The van der Waals surface area contributed by atoms with Crippen molar-refractivity contribution in [3.8, 4) is 5.75 Å². The van der Waals surface area contributed by atoms with Crippen molar-refractivity contribution < 1.29 is 40.8 Å². The van der Waals surface area contributed by atoms with E-state index in [1.165, 1.54) is 6.07 Å². The normalized spacial score (nSPS) is 17.5. The second-order valence-corrected chi connectivity index (χ2v) is 10.3. The molecule has 2 saturated heterocycles. The van der Waals surface area contributed by atoms with Crippen molar-refractivity contribution in [2.24, 2.45) is 0 Å². The first-order chi connectivity index (χ1) is 19.2. The maximum Gasteiger partial charge on any atom is 0.423 e. The predicted molar refractivity (Wildman–Crippen MR) is 138 cm³/mol. The highest BCUT2D eigenvalue weighted by Crippen LogP contribution is 2.39. The van der Waals surface area contributed by atoms with Gasteiger partial charge in [-0.15, -0.1) is 0 Å². The summed E-state index contributed by atoms with van der Waals surface area (Å²) in [6.07, 6.45) is -8.86. The Kier molecular flexibility index (Phi) is 9.22. The first kappa shape index (κ1) is 30.7. The van der Waals surface area contributed by atoms with Gasteiger partial charge in [0.25, 0.3) is 5.69 Å². The molecule has 0 spiro atoms. The molecule has 41 heavy (non-hydrogen) atoms. The lowest BCUT2D eigenvalue weighted by Crippen LogP contribution is -2.48. The van der Waals surface area contributed by atoms with Crippen molar-refractivity contribution >= 4 is 28.9 Å². The predicted octanol–water partition coefficient (Wildman–Crippen LogP) is 5.87. The van der Waals surface area contributed by atoms with Crippen molar-refractivity contribution in [2.45, 2.75) is 37.7 Å². The van der Waals surface area contributed by atoms with E-state index in [0.29, 0.717) is 70.4 Å². The molecule has 2 fully saturated rings. The van der Waals surface area contributed by atoms with Crippen LogP contribution in [0.5, 0.6) is 5.75 Å². The van der Waals surface area contributed by atoms with Crippen molar-refractivity contribution in [3.63, 3.8) is 0 Å². The van der Waals surface area contributed by atoms with E-state index in [4.69, 9.17) is 16.3 Å². The fraction of sp³-hybridized carbons (Fsp3) is 0.500. The molecule has 2 aromatic carbocycles. The number of nitrogens with zero attached hydrogens (tertiary/aromatic N) is 4. The lowest BCUT2D eigenvalue weighted by molar-refractivity contribution is -0.388. The largest absolute Gasteiger partial charge is 0.490 e. The number of alkyl halides is 6. The molecule has 15 heteroatoms. The van der Waals surface area contributed by atoms with Gasteiger partial charge in [-0.05, 0) is 30.3 Å². The molecule has 0 bridgehead atoms. The molecule has 0 atom stereocenters. The molecular weight excluding hydrogens is 582 g/mol. The first-order valence-corrected chi connectivity index (χ1v) is 13.2. The quantitative estimate of drug-likeness (QED) is 0.222. The van der Waals surface area contributed by atoms with E-state index in [2.05, 4.69) is 4.90 Å². The SMILES string of the molecule is O=C(CCN1CCN(c2ccc(Cl)c(C(F)(F)F)c2)CC1)N1CCC(Oc2ccc([N+](=O)[O-])c(C(F)(F)F)c2)CC1. The van der Waals surface area contributed by atoms with E-state index in [9.17, 15) is 41.3 Å². The molecular formula is C26H27ClF6N4O4. The third-order valence-corrected chi connectivity index (χ3v) is 7.53. The van der Waals surface area contributed by atoms with Crippen LogP contribution < -0.4 is 9.64 Å². The van der Waals surface area contributed by atoms with Gasteiger partial charge in [-0.25, -0.2) is 0 Å². The van der Waals surface area contributed by atoms with Crippen LogP contribution in [0.4, 0.5) is 37.7 Å². The first-order valence-electron chi connectivity index (χ1n) is 12.9. The Hall–Kier alpha value is -3.26. The molecule has 2 aliphatic rings. The number of piperazine rings is 1. The van der Waals surface area contributed by atoms with Gasteiger partial charge in [-0.2, -0.15) is 26.3 Å². The molecule has 224 valence electrons. The summed E-state index contributed by atoms with van der Waals surface area (Å²) in [4.78, 5) is 28.2. The number of nitro groups is 1. The Labute approximate surface area is 236 Å². The van der Waals surface area contributed by atoms with Gasteiger partial charge in [-0.1, -0.05) is 11.6 Å². The number of benzene rings is 2. The minimum absolute atomic E-state index is 0.0758. The highest BCUT2D eigenvalue weighted by molar-refractivity contribution is 6.31. The average molecular weight is 609 g/mol. The molecule has 0 saturated carbocycles. The van der Waals surface area contributed by atoms with E-state index in [1.54, 1.807) is 11.0 Å². The number of rotatable bonds is 7.